The number of carbonyl (C=O) groups is 3. The summed E-state index contributed by atoms with van der Waals surface area (Å²) in [6.45, 7) is 6.45. The van der Waals surface area contributed by atoms with Crippen LogP contribution in [0, 0.1) is 0 Å². The summed E-state index contributed by atoms with van der Waals surface area (Å²) < 4.78 is 16.9. The van der Waals surface area contributed by atoms with E-state index in [-0.39, 0.29) is 37.5 Å². The van der Waals surface area contributed by atoms with Crippen LogP contribution in [0.2, 0.25) is 0 Å². The van der Waals surface area contributed by atoms with Crippen LogP contribution >= 0.6 is 0 Å². The number of carbonyl (C=O) groups excluding carboxylic acids is 3. The second-order valence-corrected chi connectivity index (χ2v) is 19.7. The van der Waals surface area contributed by atoms with Crippen molar-refractivity contribution in [2.24, 2.45) is 0 Å². The first kappa shape index (κ1) is 67.3. The van der Waals surface area contributed by atoms with Crippen LogP contribution in [0.4, 0.5) is 0 Å². The normalized spacial score (nSPS) is 12.8. The first-order chi connectivity index (χ1) is 35.0. The van der Waals surface area contributed by atoms with E-state index in [9.17, 15) is 14.4 Å². The molecule has 0 aromatic carbocycles. The number of allylic oxidation sites excluding steroid dienone is 16. The molecule has 6 nitrogen and oxygen atoms in total. The molecular weight excluding hydrogens is 877 g/mol. The van der Waals surface area contributed by atoms with Gasteiger partial charge in [0.1, 0.15) is 13.2 Å². The van der Waals surface area contributed by atoms with Gasteiger partial charge < -0.3 is 14.2 Å². The van der Waals surface area contributed by atoms with E-state index < -0.39 is 6.10 Å². The summed E-state index contributed by atoms with van der Waals surface area (Å²) in [5, 5.41) is 0. The summed E-state index contributed by atoms with van der Waals surface area (Å²) in [5.74, 6) is -0.941. The highest BCUT2D eigenvalue weighted by Crippen LogP contribution is 2.16. The largest absolute Gasteiger partial charge is 0.462 e. The molecule has 71 heavy (non-hydrogen) atoms. The minimum absolute atomic E-state index is 0.0968. The topological polar surface area (TPSA) is 78.9 Å². The van der Waals surface area contributed by atoms with Gasteiger partial charge >= 0.3 is 17.9 Å². The fourth-order valence-electron chi connectivity index (χ4n) is 8.27. The monoisotopic (exact) mass is 987 g/mol. The lowest BCUT2D eigenvalue weighted by atomic mass is 10.0. The Labute approximate surface area is 438 Å². The van der Waals surface area contributed by atoms with Gasteiger partial charge in [-0.15, -0.1) is 0 Å². The Balaban J connectivity index is 4.45. The van der Waals surface area contributed by atoms with E-state index in [2.05, 4.69) is 57.2 Å². The highest BCUT2D eigenvalue weighted by molar-refractivity contribution is 5.71. The van der Waals surface area contributed by atoms with Gasteiger partial charge in [0.05, 0.1) is 0 Å². The van der Waals surface area contributed by atoms with Crippen molar-refractivity contribution < 1.29 is 28.6 Å². The zero-order valence-electron chi connectivity index (χ0n) is 46.5. The van der Waals surface area contributed by atoms with Crippen LogP contribution in [-0.2, 0) is 28.6 Å². The van der Waals surface area contributed by atoms with Gasteiger partial charge in [0.25, 0.3) is 0 Å². The molecule has 0 aromatic heterocycles. The molecule has 406 valence electrons. The number of rotatable bonds is 53. The third-order valence-electron chi connectivity index (χ3n) is 12.7. The summed E-state index contributed by atoms with van der Waals surface area (Å²) in [6, 6.07) is 0. The van der Waals surface area contributed by atoms with Gasteiger partial charge in [-0.2, -0.15) is 0 Å². The number of hydrogen-bond acceptors (Lipinski definition) is 6. The Morgan fingerprint density at radius 3 is 1.01 bits per heavy atom. The van der Waals surface area contributed by atoms with Crippen molar-refractivity contribution in [2.45, 2.75) is 284 Å². The molecule has 0 rings (SSSR count). The van der Waals surface area contributed by atoms with Crippen molar-refractivity contribution in [2.75, 3.05) is 13.2 Å². The summed E-state index contributed by atoms with van der Waals surface area (Å²) in [6.07, 6.45) is 78.2. The first-order valence-corrected chi connectivity index (χ1v) is 29.8. The maximum atomic E-state index is 12.9. The molecule has 0 saturated carbocycles. The Bertz CT molecular complexity index is 1410. The van der Waals surface area contributed by atoms with Crippen LogP contribution < -0.4 is 0 Å². The molecule has 0 saturated heterocycles. The highest BCUT2D eigenvalue weighted by Gasteiger charge is 2.19. The predicted octanol–water partition coefficient (Wildman–Crippen LogP) is 20.1. The molecule has 0 aromatic rings. The molecule has 1 unspecified atom stereocenters. The number of esters is 3. The van der Waals surface area contributed by atoms with Gasteiger partial charge in [-0.05, 0) is 70.6 Å². The summed E-state index contributed by atoms with van der Waals surface area (Å²) >= 11 is 0. The van der Waals surface area contributed by atoms with Crippen LogP contribution in [0.25, 0.3) is 0 Å². The van der Waals surface area contributed by atoms with Crippen molar-refractivity contribution in [3.05, 3.63) is 97.2 Å². The van der Waals surface area contributed by atoms with Crippen LogP contribution in [0.3, 0.4) is 0 Å². The summed E-state index contributed by atoms with van der Waals surface area (Å²) in [7, 11) is 0. The Morgan fingerprint density at radius 1 is 0.310 bits per heavy atom. The SMILES string of the molecule is CC\C=C/C=C\C=C/C=C\C=C\C=C/CCCCCC(=O)OC(COC(=O)CCCCCCCCC/C=C\C/C=C\CCCCC)COC(=O)CCCCCCCCCCCCCCCCCCCCC. The lowest BCUT2D eigenvalue weighted by molar-refractivity contribution is -0.167. The van der Waals surface area contributed by atoms with Crippen molar-refractivity contribution in [3.8, 4) is 0 Å². The molecule has 0 N–H and O–H groups in total. The fraction of sp³-hybridized carbons (Fsp3) is 0.708. The molecule has 0 spiro atoms. The van der Waals surface area contributed by atoms with E-state index >= 15 is 0 Å². The molecule has 0 aliphatic heterocycles. The quantitative estimate of drug-likeness (QED) is 0.0199. The number of unbranched alkanes of at least 4 members (excludes halogenated alkanes) is 31. The molecular formula is C65H110O6. The van der Waals surface area contributed by atoms with E-state index in [0.717, 1.165) is 77.0 Å². The fourth-order valence-corrected chi connectivity index (χ4v) is 8.27. The van der Waals surface area contributed by atoms with Crippen LogP contribution in [0.5, 0.6) is 0 Å². The molecule has 0 heterocycles. The van der Waals surface area contributed by atoms with E-state index in [4.69, 9.17) is 14.2 Å². The molecule has 0 radical (unpaired) electrons. The van der Waals surface area contributed by atoms with Crippen LogP contribution in [0.15, 0.2) is 97.2 Å². The van der Waals surface area contributed by atoms with Gasteiger partial charge in [0.15, 0.2) is 6.10 Å². The molecule has 6 heteroatoms. The average Bonchev–Trinajstić information content (AvgIpc) is 3.37. The van der Waals surface area contributed by atoms with Crippen molar-refractivity contribution in [1.29, 1.82) is 0 Å². The Morgan fingerprint density at radius 2 is 0.606 bits per heavy atom. The third kappa shape index (κ3) is 57.1. The van der Waals surface area contributed by atoms with Crippen molar-refractivity contribution in [1.82, 2.24) is 0 Å². The molecule has 0 fully saturated rings. The highest BCUT2D eigenvalue weighted by atomic mass is 16.6. The summed E-state index contributed by atoms with van der Waals surface area (Å²) in [5.41, 5.74) is 0. The van der Waals surface area contributed by atoms with Gasteiger partial charge in [-0.1, -0.05) is 285 Å². The predicted molar refractivity (Wildman–Crippen MR) is 307 cm³/mol. The van der Waals surface area contributed by atoms with E-state index in [0.29, 0.717) is 19.3 Å². The smallest absolute Gasteiger partial charge is 0.306 e. The van der Waals surface area contributed by atoms with Gasteiger partial charge in [-0.25, -0.2) is 0 Å². The number of hydrogen-bond donors (Lipinski definition) is 0. The van der Waals surface area contributed by atoms with E-state index in [1.165, 1.54) is 154 Å². The first-order valence-electron chi connectivity index (χ1n) is 29.8. The summed E-state index contributed by atoms with van der Waals surface area (Å²) in [4.78, 5) is 38.2. The molecule has 0 aliphatic carbocycles. The van der Waals surface area contributed by atoms with Crippen molar-refractivity contribution in [3.63, 3.8) is 0 Å². The second-order valence-electron chi connectivity index (χ2n) is 19.7. The zero-order chi connectivity index (χ0) is 51.4. The lowest BCUT2D eigenvalue weighted by Crippen LogP contribution is -2.30. The third-order valence-corrected chi connectivity index (χ3v) is 12.7. The van der Waals surface area contributed by atoms with Gasteiger partial charge in [0, 0.05) is 19.3 Å². The average molecular weight is 988 g/mol. The number of ether oxygens (including phenoxy) is 3. The lowest BCUT2D eigenvalue weighted by Gasteiger charge is -2.18. The molecule has 0 bridgehead atoms. The molecule has 1 atom stereocenters. The van der Waals surface area contributed by atoms with E-state index in [1.54, 1.807) is 0 Å². The van der Waals surface area contributed by atoms with E-state index in [1.807, 2.05) is 60.8 Å². The maximum absolute atomic E-state index is 12.9. The zero-order valence-corrected chi connectivity index (χ0v) is 46.5. The minimum atomic E-state index is -0.805. The minimum Gasteiger partial charge on any atom is -0.462 e. The van der Waals surface area contributed by atoms with Crippen molar-refractivity contribution >= 4 is 17.9 Å². The second kappa shape index (κ2) is 58.9. The van der Waals surface area contributed by atoms with Crippen LogP contribution in [-0.4, -0.2) is 37.2 Å². The standard InChI is InChI=1S/C65H110O6/c1-4-7-10-13-16-19-22-25-28-31-32-35-37-40-43-46-49-52-55-58-64(67)70-61-62(71-65(68)59-56-53-50-47-44-41-38-34-30-27-24-21-18-15-12-9-6-3)60-69-63(66)57-54-51-48-45-42-39-36-33-29-26-23-20-17-14-11-8-5-2/h9,12,15,17-18,20-21,24,26-27,29-30,34,38,41,44,62H,4-8,10-11,13-14,16,19,22-23,25,28,31-33,35-37,39-40,42-43,45-61H2,1-3H3/b12-9-,18-15-,20-17-,24-21-,29-26-,30-27-,38-34+,44-41-. The van der Waals surface area contributed by atoms with Gasteiger partial charge in [0.2, 0.25) is 0 Å². The Hall–Kier alpha value is -3.67. The maximum Gasteiger partial charge on any atom is 0.306 e. The van der Waals surface area contributed by atoms with Gasteiger partial charge in [-0.3, -0.25) is 14.4 Å². The van der Waals surface area contributed by atoms with Crippen LogP contribution in [0.1, 0.15) is 278 Å². The Kier molecular flexibility index (Phi) is 55.9. The molecule has 0 amide bonds. The molecule has 0 aliphatic rings.